The molecule has 0 amide bonds. The maximum atomic E-state index is 10.6. The average molecular weight is 184 g/mol. The molecule has 0 spiro atoms. The van der Waals surface area contributed by atoms with Gasteiger partial charge in [0.15, 0.2) is 0 Å². The van der Waals surface area contributed by atoms with Gasteiger partial charge in [-0.1, -0.05) is 38.7 Å². The number of aliphatic carboxylic acids is 1. The van der Waals surface area contributed by atoms with Crippen LogP contribution in [0, 0.1) is 0 Å². The molecule has 2 nitrogen and oxygen atoms in total. The lowest BCUT2D eigenvalue weighted by Crippen LogP contribution is -1.99. The van der Waals surface area contributed by atoms with Gasteiger partial charge in [-0.05, 0) is 19.8 Å². The summed E-state index contributed by atoms with van der Waals surface area (Å²) in [5.74, 6) is -0.766. The van der Waals surface area contributed by atoms with Crippen LogP contribution in [0.25, 0.3) is 0 Å². The predicted molar refractivity (Wildman–Crippen MR) is 54.8 cm³/mol. The van der Waals surface area contributed by atoms with Gasteiger partial charge >= 0.3 is 5.97 Å². The van der Waals surface area contributed by atoms with Crippen molar-refractivity contribution in [3.8, 4) is 0 Å². The van der Waals surface area contributed by atoms with Crippen LogP contribution in [0.2, 0.25) is 0 Å². The van der Waals surface area contributed by atoms with Crippen LogP contribution in [-0.4, -0.2) is 11.1 Å². The minimum atomic E-state index is -0.766. The Labute approximate surface area is 80.7 Å². The summed E-state index contributed by atoms with van der Waals surface area (Å²) < 4.78 is 0. The smallest absolute Gasteiger partial charge is 0.331 e. The van der Waals surface area contributed by atoms with Crippen LogP contribution in [-0.2, 0) is 4.79 Å². The molecule has 1 N–H and O–H groups in total. The number of hydrogen-bond donors (Lipinski definition) is 1. The molecule has 0 heterocycles. The molecule has 0 aliphatic carbocycles. The molecule has 0 aromatic heterocycles. The molecule has 0 bridgehead atoms. The largest absolute Gasteiger partial charge is 0.478 e. The maximum Gasteiger partial charge on any atom is 0.331 e. The minimum absolute atomic E-state index is 0.552. The van der Waals surface area contributed by atoms with E-state index in [-0.39, 0.29) is 0 Å². The normalized spacial score (nSPS) is 11.7. The Balaban J connectivity index is 3.46. The highest BCUT2D eigenvalue weighted by atomic mass is 16.4. The Morgan fingerprint density at radius 3 is 2.31 bits per heavy atom. The van der Waals surface area contributed by atoms with Gasteiger partial charge in [0.05, 0.1) is 0 Å². The summed E-state index contributed by atoms with van der Waals surface area (Å²) in [7, 11) is 0. The molecule has 13 heavy (non-hydrogen) atoms. The predicted octanol–water partition coefficient (Wildman–Crippen LogP) is 3.38. The first kappa shape index (κ1) is 12.2. The van der Waals surface area contributed by atoms with Crippen molar-refractivity contribution >= 4 is 5.97 Å². The molecule has 0 aliphatic heterocycles. The number of unbranched alkanes of at least 4 members (excludes halogenated alkanes) is 4. The van der Waals surface area contributed by atoms with Crippen LogP contribution in [0.3, 0.4) is 0 Å². The fraction of sp³-hybridized carbons (Fsp3) is 0.727. The van der Waals surface area contributed by atoms with Gasteiger partial charge in [0.25, 0.3) is 0 Å². The number of carbonyl (C=O) groups is 1. The van der Waals surface area contributed by atoms with E-state index in [0.717, 1.165) is 19.3 Å². The lowest BCUT2D eigenvalue weighted by atomic mass is 10.1. The first-order chi connectivity index (χ1) is 6.22. The summed E-state index contributed by atoms with van der Waals surface area (Å²) >= 11 is 0. The van der Waals surface area contributed by atoms with Crippen molar-refractivity contribution in [2.45, 2.75) is 52.4 Å². The van der Waals surface area contributed by atoms with E-state index in [2.05, 4.69) is 6.92 Å². The van der Waals surface area contributed by atoms with E-state index in [9.17, 15) is 4.79 Å². The fourth-order valence-electron chi connectivity index (χ4n) is 1.29. The second-order valence-corrected chi connectivity index (χ2v) is 3.28. The maximum absolute atomic E-state index is 10.6. The SMILES string of the molecule is C/C=C(/CCCCCCC)C(=O)O. The Morgan fingerprint density at radius 1 is 1.23 bits per heavy atom. The van der Waals surface area contributed by atoms with E-state index < -0.39 is 5.97 Å². The third-order valence-electron chi connectivity index (χ3n) is 2.17. The molecule has 0 saturated heterocycles. The third kappa shape index (κ3) is 6.38. The van der Waals surface area contributed by atoms with Crippen molar-refractivity contribution < 1.29 is 9.90 Å². The number of carboxylic acids is 1. The Kier molecular flexibility index (Phi) is 7.36. The lowest BCUT2D eigenvalue weighted by molar-refractivity contribution is -0.132. The Bertz CT molecular complexity index is 171. The van der Waals surface area contributed by atoms with Crippen molar-refractivity contribution in [1.29, 1.82) is 0 Å². The third-order valence-corrected chi connectivity index (χ3v) is 2.17. The molecule has 0 saturated carbocycles. The van der Waals surface area contributed by atoms with E-state index in [1.807, 2.05) is 0 Å². The van der Waals surface area contributed by atoms with Gasteiger partial charge in [-0.2, -0.15) is 0 Å². The van der Waals surface area contributed by atoms with Gasteiger partial charge < -0.3 is 5.11 Å². The number of rotatable bonds is 7. The molecule has 0 rings (SSSR count). The first-order valence-electron chi connectivity index (χ1n) is 5.10. The monoisotopic (exact) mass is 184 g/mol. The van der Waals surface area contributed by atoms with Crippen molar-refractivity contribution in [2.24, 2.45) is 0 Å². The molecule has 76 valence electrons. The van der Waals surface area contributed by atoms with Gasteiger partial charge in [0.2, 0.25) is 0 Å². The molecule has 0 aromatic rings. The van der Waals surface area contributed by atoms with Crippen LogP contribution in [0.4, 0.5) is 0 Å². The topological polar surface area (TPSA) is 37.3 Å². The summed E-state index contributed by atoms with van der Waals surface area (Å²) in [5.41, 5.74) is 0.552. The van der Waals surface area contributed by atoms with Crippen molar-refractivity contribution in [1.82, 2.24) is 0 Å². The summed E-state index contributed by atoms with van der Waals surface area (Å²) in [6.07, 6.45) is 8.29. The second-order valence-electron chi connectivity index (χ2n) is 3.28. The Morgan fingerprint density at radius 2 is 1.85 bits per heavy atom. The summed E-state index contributed by atoms with van der Waals surface area (Å²) in [5, 5.41) is 8.71. The highest BCUT2D eigenvalue weighted by molar-refractivity contribution is 5.86. The quantitative estimate of drug-likeness (QED) is 0.486. The van der Waals surface area contributed by atoms with E-state index >= 15 is 0 Å². The van der Waals surface area contributed by atoms with Crippen molar-refractivity contribution in [2.75, 3.05) is 0 Å². The number of hydrogen-bond acceptors (Lipinski definition) is 1. The van der Waals surface area contributed by atoms with Crippen molar-refractivity contribution in [3.05, 3.63) is 11.6 Å². The molecule has 0 atom stereocenters. The molecule has 0 aromatic carbocycles. The van der Waals surface area contributed by atoms with Gasteiger partial charge in [-0.15, -0.1) is 0 Å². The molecular formula is C11H20O2. The van der Waals surface area contributed by atoms with Crippen LogP contribution >= 0.6 is 0 Å². The lowest BCUT2D eigenvalue weighted by Gasteiger charge is -2.01. The second kappa shape index (κ2) is 7.84. The number of allylic oxidation sites excluding steroid dienone is 1. The highest BCUT2D eigenvalue weighted by Crippen LogP contribution is 2.10. The number of carboxylic acid groups (broad SMARTS) is 1. The average Bonchev–Trinajstić information content (AvgIpc) is 2.10. The van der Waals surface area contributed by atoms with Crippen LogP contribution < -0.4 is 0 Å². The van der Waals surface area contributed by atoms with Crippen molar-refractivity contribution in [3.63, 3.8) is 0 Å². The van der Waals surface area contributed by atoms with E-state index in [1.54, 1.807) is 13.0 Å². The molecule has 0 radical (unpaired) electrons. The molecular weight excluding hydrogens is 164 g/mol. The molecule has 0 aliphatic rings. The summed E-state index contributed by atoms with van der Waals surface area (Å²) in [6.45, 7) is 3.96. The zero-order chi connectivity index (χ0) is 10.1. The molecule has 2 heteroatoms. The highest BCUT2D eigenvalue weighted by Gasteiger charge is 2.04. The van der Waals surface area contributed by atoms with Crippen LogP contribution in [0.5, 0.6) is 0 Å². The van der Waals surface area contributed by atoms with E-state index in [0.29, 0.717) is 5.57 Å². The molecule has 0 fully saturated rings. The van der Waals surface area contributed by atoms with Gasteiger partial charge in [-0.25, -0.2) is 4.79 Å². The van der Waals surface area contributed by atoms with Gasteiger partial charge in [-0.3, -0.25) is 0 Å². The zero-order valence-corrected chi connectivity index (χ0v) is 8.68. The van der Waals surface area contributed by atoms with Crippen LogP contribution in [0.15, 0.2) is 11.6 Å². The molecule has 0 unspecified atom stereocenters. The first-order valence-corrected chi connectivity index (χ1v) is 5.10. The Hall–Kier alpha value is -0.790. The summed E-state index contributed by atoms with van der Waals surface area (Å²) in [4.78, 5) is 10.6. The van der Waals surface area contributed by atoms with E-state index in [1.165, 1.54) is 19.3 Å². The zero-order valence-electron chi connectivity index (χ0n) is 8.68. The fourth-order valence-corrected chi connectivity index (χ4v) is 1.29. The minimum Gasteiger partial charge on any atom is -0.478 e. The standard InChI is InChI=1S/C11H20O2/c1-3-5-6-7-8-9-10(4-2)11(12)13/h4H,3,5-9H2,1-2H3,(H,12,13)/b10-4-. The van der Waals surface area contributed by atoms with E-state index in [4.69, 9.17) is 5.11 Å². The van der Waals surface area contributed by atoms with Gasteiger partial charge in [0.1, 0.15) is 0 Å². The van der Waals surface area contributed by atoms with Gasteiger partial charge in [0, 0.05) is 5.57 Å². The summed E-state index contributed by atoms with van der Waals surface area (Å²) in [6, 6.07) is 0. The van der Waals surface area contributed by atoms with Crippen LogP contribution in [0.1, 0.15) is 52.4 Å².